The summed E-state index contributed by atoms with van der Waals surface area (Å²) in [5, 5.41) is 0. The van der Waals surface area contributed by atoms with Gasteiger partial charge in [-0.25, -0.2) is 8.78 Å². The van der Waals surface area contributed by atoms with Crippen LogP contribution in [0.4, 0.5) is 14.5 Å². The van der Waals surface area contributed by atoms with Crippen LogP contribution >= 0.6 is 31.9 Å². The average molecular weight is 287 g/mol. The molecular weight excluding hydrogens is 284 g/mol. The molecular formula is C6H3Br2F2N. The van der Waals surface area contributed by atoms with Gasteiger partial charge in [0.25, 0.3) is 0 Å². The van der Waals surface area contributed by atoms with Crippen LogP contribution in [0.2, 0.25) is 0 Å². The number of halogens is 4. The molecule has 2 N–H and O–H groups in total. The highest BCUT2D eigenvalue weighted by molar-refractivity contribution is 9.13. The third kappa shape index (κ3) is 1.54. The van der Waals surface area contributed by atoms with Crippen molar-refractivity contribution in [3.05, 3.63) is 26.6 Å². The number of nitrogens with two attached hydrogens (primary N) is 1. The normalized spacial score (nSPS) is 10.2. The summed E-state index contributed by atoms with van der Waals surface area (Å²) in [6.07, 6.45) is 0. The van der Waals surface area contributed by atoms with Gasteiger partial charge in [-0.1, -0.05) is 0 Å². The van der Waals surface area contributed by atoms with Crippen LogP contribution in [-0.4, -0.2) is 0 Å². The Hall–Kier alpha value is -0.160. The standard InChI is InChI=1S/C6H3Br2F2N/c7-4-3(11)1-2(9)6(10)5(4)8/h1H,11H2. The lowest BCUT2D eigenvalue weighted by Crippen LogP contribution is -1.93. The number of nitrogen functional groups attached to an aromatic ring is 1. The van der Waals surface area contributed by atoms with Crippen LogP contribution in [0.1, 0.15) is 0 Å². The van der Waals surface area contributed by atoms with E-state index in [4.69, 9.17) is 5.73 Å². The minimum absolute atomic E-state index is 0.00926. The van der Waals surface area contributed by atoms with Crippen molar-refractivity contribution in [1.29, 1.82) is 0 Å². The van der Waals surface area contributed by atoms with E-state index in [0.717, 1.165) is 6.07 Å². The van der Waals surface area contributed by atoms with Crippen molar-refractivity contribution in [2.75, 3.05) is 5.73 Å². The molecule has 0 aliphatic rings. The molecule has 0 saturated heterocycles. The quantitative estimate of drug-likeness (QED) is 0.443. The Bertz CT molecular complexity index is 275. The molecule has 11 heavy (non-hydrogen) atoms. The highest BCUT2D eigenvalue weighted by Crippen LogP contribution is 2.32. The van der Waals surface area contributed by atoms with Crippen molar-refractivity contribution in [1.82, 2.24) is 0 Å². The van der Waals surface area contributed by atoms with Gasteiger partial charge >= 0.3 is 0 Å². The molecule has 0 aromatic heterocycles. The largest absolute Gasteiger partial charge is 0.398 e. The minimum Gasteiger partial charge on any atom is -0.398 e. The molecule has 1 aromatic carbocycles. The van der Waals surface area contributed by atoms with Crippen molar-refractivity contribution >= 4 is 37.5 Å². The second-order valence-corrected chi connectivity index (χ2v) is 3.48. The first-order valence-electron chi connectivity index (χ1n) is 2.62. The summed E-state index contributed by atoms with van der Waals surface area (Å²) < 4.78 is 25.5. The zero-order chi connectivity index (χ0) is 8.59. The Morgan fingerprint density at radius 2 is 1.73 bits per heavy atom. The van der Waals surface area contributed by atoms with Crippen LogP contribution in [0.25, 0.3) is 0 Å². The summed E-state index contributed by atoms with van der Waals surface area (Å²) in [5.74, 6) is -1.90. The van der Waals surface area contributed by atoms with Gasteiger partial charge in [0, 0.05) is 6.07 Å². The first-order valence-corrected chi connectivity index (χ1v) is 4.21. The van der Waals surface area contributed by atoms with E-state index in [2.05, 4.69) is 31.9 Å². The number of benzene rings is 1. The number of anilines is 1. The lowest BCUT2D eigenvalue weighted by atomic mass is 10.3. The first kappa shape index (κ1) is 8.93. The lowest BCUT2D eigenvalue weighted by molar-refractivity contribution is 0.504. The number of hydrogen-bond acceptors (Lipinski definition) is 1. The van der Waals surface area contributed by atoms with E-state index < -0.39 is 11.6 Å². The van der Waals surface area contributed by atoms with Gasteiger partial charge < -0.3 is 5.73 Å². The first-order chi connectivity index (χ1) is 5.04. The van der Waals surface area contributed by atoms with Gasteiger partial charge in [0.2, 0.25) is 0 Å². The highest BCUT2D eigenvalue weighted by Gasteiger charge is 2.12. The molecule has 0 heterocycles. The molecule has 0 aliphatic heterocycles. The molecule has 0 saturated carbocycles. The minimum atomic E-state index is -0.961. The van der Waals surface area contributed by atoms with Gasteiger partial charge in [-0.05, 0) is 31.9 Å². The third-order valence-corrected chi connectivity index (χ3v) is 3.26. The van der Waals surface area contributed by atoms with Crippen molar-refractivity contribution in [2.45, 2.75) is 0 Å². The third-order valence-electron chi connectivity index (χ3n) is 1.13. The van der Waals surface area contributed by atoms with Crippen LogP contribution in [0.3, 0.4) is 0 Å². The van der Waals surface area contributed by atoms with Gasteiger partial charge in [0.05, 0.1) is 14.6 Å². The van der Waals surface area contributed by atoms with E-state index in [0.29, 0.717) is 4.47 Å². The maximum Gasteiger partial charge on any atom is 0.174 e. The molecule has 0 atom stereocenters. The maximum atomic E-state index is 12.7. The van der Waals surface area contributed by atoms with Gasteiger partial charge in [0.1, 0.15) is 0 Å². The molecule has 1 aromatic rings. The van der Waals surface area contributed by atoms with Gasteiger partial charge in [0.15, 0.2) is 11.6 Å². The molecule has 60 valence electrons. The van der Waals surface area contributed by atoms with Gasteiger partial charge in [-0.3, -0.25) is 0 Å². The van der Waals surface area contributed by atoms with Crippen LogP contribution in [0.5, 0.6) is 0 Å². The zero-order valence-corrected chi connectivity index (χ0v) is 8.34. The summed E-state index contributed by atoms with van der Waals surface area (Å²) in [4.78, 5) is 0. The summed E-state index contributed by atoms with van der Waals surface area (Å²) in [7, 11) is 0. The van der Waals surface area contributed by atoms with E-state index >= 15 is 0 Å². The van der Waals surface area contributed by atoms with Crippen LogP contribution in [0.15, 0.2) is 15.0 Å². The molecule has 0 fully saturated rings. The van der Waals surface area contributed by atoms with Crippen molar-refractivity contribution in [2.24, 2.45) is 0 Å². The molecule has 5 heteroatoms. The number of rotatable bonds is 0. The SMILES string of the molecule is Nc1cc(F)c(F)c(Br)c1Br. The molecule has 0 radical (unpaired) electrons. The molecule has 0 spiro atoms. The summed E-state index contributed by atoms with van der Waals surface area (Å²) in [6.45, 7) is 0. The Morgan fingerprint density at radius 1 is 1.18 bits per heavy atom. The van der Waals surface area contributed by atoms with Crippen molar-refractivity contribution in [3.8, 4) is 0 Å². The van der Waals surface area contributed by atoms with E-state index in [1.54, 1.807) is 0 Å². The molecule has 1 rings (SSSR count). The van der Waals surface area contributed by atoms with E-state index in [1.165, 1.54) is 0 Å². The average Bonchev–Trinajstić information content (AvgIpc) is 1.97. The van der Waals surface area contributed by atoms with E-state index in [9.17, 15) is 8.78 Å². The van der Waals surface area contributed by atoms with Crippen molar-refractivity contribution < 1.29 is 8.78 Å². The molecule has 0 unspecified atom stereocenters. The highest BCUT2D eigenvalue weighted by atomic mass is 79.9. The Balaban J connectivity index is 3.46. The molecule has 1 nitrogen and oxygen atoms in total. The fourth-order valence-electron chi connectivity index (χ4n) is 0.591. The molecule has 0 amide bonds. The van der Waals surface area contributed by atoms with E-state index in [-0.39, 0.29) is 10.2 Å². The smallest absolute Gasteiger partial charge is 0.174 e. The van der Waals surface area contributed by atoms with Crippen molar-refractivity contribution in [3.63, 3.8) is 0 Å². The van der Waals surface area contributed by atoms with Crippen LogP contribution < -0.4 is 5.73 Å². The second-order valence-electron chi connectivity index (χ2n) is 1.89. The zero-order valence-electron chi connectivity index (χ0n) is 5.17. The summed E-state index contributed by atoms with van der Waals surface area (Å²) in [6, 6.07) is 0.921. The fraction of sp³-hybridized carbons (Fsp3) is 0. The monoisotopic (exact) mass is 285 g/mol. The Kier molecular flexibility index (Phi) is 2.49. The molecule has 0 bridgehead atoms. The van der Waals surface area contributed by atoms with Crippen LogP contribution in [0, 0.1) is 11.6 Å². The van der Waals surface area contributed by atoms with Crippen LogP contribution in [-0.2, 0) is 0 Å². The predicted molar refractivity (Wildman–Crippen MR) is 46.2 cm³/mol. The number of hydrogen-bond donors (Lipinski definition) is 1. The Labute approximate surface area is 78.8 Å². The van der Waals surface area contributed by atoms with Gasteiger partial charge in [-0.15, -0.1) is 0 Å². The topological polar surface area (TPSA) is 26.0 Å². The maximum absolute atomic E-state index is 12.7. The molecule has 0 aliphatic carbocycles. The fourth-order valence-corrected chi connectivity index (χ4v) is 1.30. The lowest BCUT2D eigenvalue weighted by Gasteiger charge is -2.02. The summed E-state index contributed by atoms with van der Waals surface area (Å²) in [5.41, 5.74) is 5.47. The Morgan fingerprint density at radius 3 is 2.27 bits per heavy atom. The van der Waals surface area contributed by atoms with E-state index in [1.807, 2.05) is 0 Å². The summed E-state index contributed by atoms with van der Waals surface area (Å²) >= 11 is 5.82. The second kappa shape index (κ2) is 3.06. The van der Waals surface area contributed by atoms with Gasteiger partial charge in [-0.2, -0.15) is 0 Å². The predicted octanol–water partition coefficient (Wildman–Crippen LogP) is 3.07.